The maximum atomic E-state index is 13.5. The monoisotopic (exact) mass is 344 g/mol. The largest absolute Gasteiger partial charge is 0.425 e. The standard InChI is InChI=1S/C12H8Cl2FN5S/c1-20-9(16)8-10(18-11(20)15)19-12(17-8)21-7-3-5(13)2-6(14)4-7/h2-4H,1H3,(H2,16,17,19)/p+1. The van der Waals surface area contributed by atoms with Crippen molar-refractivity contribution in [2.24, 2.45) is 7.05 Å². The Morgan fingerprint density at radius 2 is 1.90 bits per heavy atom. The minimum absolute atomic E-state index is 0.221. The van der Waals surface area contributed by atoms with Gasteiger partial charge in [0.25, 0.3) is 11.5 Å². The predicted octanol–water partition coefficient (Wildman–Crippen LogP) is 2.96. The zero-order valence-corrected chi connectivity index (χ0v) is 13.0. The van der Waals surface area contributed by atoms with Gasteiger partial charge in [0.05, 0.1) is 7.05 Å². The molecule has 2 aromatic heterocycles. The third kappa shape index (κ3) is 2.76. The van der Waals surface area contributed by atoms with Gasteiger partial charge in [0.1, 0.15) is 0 Å². The van der Waals surface area contributed by atoms with Gasteiger partial charge in [0.15, 0.2) is 10.7 Å². The average molecular weight is 345 g/mol. The number of rotatable bonds is 2. The third-order valence-corrected chi connectivity index (χ3v) is 4.10. The predicted molar refractivity (Wildman–Crippen MR) is 80.0 cm³/mol. The van der Waals surface area contributed by atoms with Crippen LogP contribution in [-0.4, -0.2) is 15.0 Å². The van der Waals surface area contributed by atoms with Crippen LogP contribution >= 0.6 is 35.0 Å². The first-order valence-electron chi connectivity index (χ1n) is 5.78. The first-order chi connectivity index (χ1) is 9.94. The van der Waals surface area contributed by atoms with E-state index in [1.807, 2.05) is 0 Å². The van der Waals surface area contributed by atoms with E-state index in [4.69, 9.17) is 28.9 Å². The molecule has 0 aliphatic heterocycles. The molecule has 108 valence electrons. The first-order valence-corrected chi connectivity index (χ1v) is 7.36. The fourth-order valence-corrected chi connectivity index (χ4v) is 3.31. The van der Waals surface area contributed by atoms with Crippen LogP contribution in [0.1, 0.15) is 0 Å². The number of hydrogen-bond donors (Lipinski definition) is 2. The van der Waals surface area contributed by atoms with Crippen molar-refractivity contribution in [2.75, 3.05) is 5.73 Å². The summed E-state index contributed by atoms with van der Waals surface area (Å²) in [6.45, 7) is 0. The molecule has 3 aromatic rings. The number of nitrogen functional groups attached to an aromatic ring is 1. The highest BCUT2D eigenvalue weighted by Crippen LogP contribution is 2.31. The van der Waals surface area contributed by atoms with E-state index in [9.17, 15) is 4.39 Å². The van der Waals surface area contributed by atoms with Gasteiger partial charge >= 0.3 is 6.08 Å². The topological polar surface area (TPSA) is 71.5 Å². The lowest BCUT2D eigenvalue weighted by Crippen LogP contribution is -2.38. The summed E-state index contributed by atoms with van der Waals surface area (Å²) in [6.07, 6.45) is -0.700. The molecule has 0 aliphatic rings. The summed E-state index contributed by atoms with van der Waals surface area (Å²) in [5.74, 6) is 0.223. The number of hydrogen-bond acceptors (Lipinski definition) is 4. The first kappa shape index (κ1) is 14.4. The highest BCUT2D eigenvalue weighted by Gasteiger charge is 2.19. The lowest BCUT2D eigenvalue weighted by Gasteiger charge is -1.99. The van der Waals surface area contributed by atoms with Crippen LogP contribution < -0.4 is 10.3 Å². The van der Waals surface area contributed by atoms with Gasteiger partial charge in [0.2, 0.25) is 0 Å². The van der Waals surface area contributed by atoms with Gasteiger partial charge in [-0.3, -0.25) is 0 Å². The van der Waals surface area contributed by atoms with E-state index >= 15 is 0 Å². The van der Waals surface area contributed by atoms with Gasteiger partial charge in [0, 0.05) is 14.9 Å². The Kier molecular flexibility index (Phi) is 3.64. The molecule has 1 aromatic carbocycles. The van der Waals surface area contributed by atoms with Crippen molar-refractivity contribution < 1.29 is 8.96 Å². The molecule has 5 nitrogen and oxygen atoms in total. The van der Waals surface area contributed by atoms with Crippen LogP contribution in [0, 0.1) is 6.08 Å². The quantitative estimate of drug-likeness (QED) is 0.553. The highest BCUT2D eigenvalue weighted by atomic mass is 35.5. The molecule has 0 amide bonds. The lowest BCUT2D eigenvalue weighted by atomic mass is 10.4. The molecule has 9 heteroatoms. The molecule has 0 fully saturated rings. The Balaban J connectivity index is 2.03. The summed E-state index contributed by atoms with van der Waals surface area (Å²) in [4.78, 5) is 11.8. The lowest BCUT2D eigenvalue weighted by molar-refractivity contribution is -0.688. The molecule has 21 heavy (non-hydrogen) atoms. The van der Waals surface area contributed by atoms with E-state index in [0.717, 1.165) is 9.46 Å². The minimum Gasteiger partial charge on any atom is -0.324 e. The SMILES string of the molecule is C[n+]1c(F)nc2nc(Sc3cc(Cl)cc(Cl)c3)[nH]c2c1N. The summed E-state index contributed by atoms with van der Waals surface area (Å²) in [5, 5.41) is 1.57. The van der Waals surface area contributed by atoms with Crippen molar-refractivity contribution in [3.63, 3.8) is 0 Å². The van der Waals surface area contributed by atoms with Crippen LogP contribution in [0.4, 0.5) is 10.2 Å². The zero-order valence-electron chi connectivity index (χ0n) is 10.7. The van der Waals surface area contributed by atoms with Crippen LogP contribution in [0.2, 0.25) is 10.0 Å². The van der Waals surface area contributed by atoms with Gasteiger partial charge in [-0.25, -0.2) is 4.57 Å². The number of nitrogens with zero attached hydrogens (tertiary/aromatic N) is 3. The van der Waals surface area contributed by atoms with Crippen LogP contribution in [-0.2, 0) is 7.05 Å². The molecule has 0 unspecified atom stereocenters. The summed E-state index contributed by atoms with van der Waals surface area (Å²) >= 11 is 13.2. The van der Waals surface area contributed by atoms with E-state index in [-0.39, 0.29) is 11.5 Å². The molecule has 0 radical (unpaired) electrons. The van der Waals surface area contributed by atoms with Crippen LogP contribution in [0.15, 0.2) is 28.3 Å². The second-order valence-electron chi connectivity index (χ2n) is 4.27. The van der Waals surface area contributed by atoms with Crippen molar-refractivity contribution >= 4 is 51.9 Å². The third-order valence-electron chi connectivity index (χ3n) is 2.81. The fraction of sp³-hybridized carbons (Fsp3) is 0.0833. The van der Waals surface area contributed by atoms with Crippen LogP contribution in [0.3, 0.4) is 0 Å². The number of benzene rings is 1. The van der Waals surface area contributed by atoms with Crippen molar-refractivity contribution in [1.29, 1.82) is 0 Å². The van der Waals surface area contributed by atoms with Gasteiger partial charge in [-0.1, -0.05) is 39.9 Å². The zero-order chi connectivity index (χ0) is 15.1. The number of nitrogens with two attached hydrogens (primary N) is 1. The normalized spacial score (nSPS) is 11.2. The Morgan fingerprint density at radius 3 is 2.57 bits per heavy atom. The van der Waals surface area contributed by atoms with Crippen molar-refractivity contribution in [2.45, 2.75) is 10.1 Å². The molecule has 0 aliphatic carbocycles. The van der Waals surface area contributed by atoms with E-state index in [1.54, 1.807) is 18.2 Å². The summed E-state index contributed by atoms with van der Waals surface area (Å²) in [5.41, 5.74) is 6.54. The number of nitrogens with one attached hydrogen (secondary N) is 1. The van der Waals surface area contributed by atoms with Crippen molar-refractivity contribution in [1.82, 2.24) is 15.0 Å². The van der Waals surface area contributed by atoms with E-state index in [1.165, 1.54) is 18.8 Å². The molecule has 0 saturated heterocycles. The molecule has 3 N–H and O–H groups in total. The molecule has 2 heterocycles. The number of aromatic amines is 1. The highest BCUT2D eigenvalue weighted by molar-refractivity contribution is 7.99. The van der Waals surface area contributed by atoms with E-state index in [2.05, 4.69) is 15.0 Å². The molecular weight excluding hydrogens is 336 g/mol. The van der Waals surface area contributed by atoms with Crippen LogP contribution in [0.25, 0.3) is 11.2 Å². The van der Waals surface area contributed by atoms with Crippen LogP contribution in [0.5, 0.6) is 0 Å². The fourth-order valence-electron chi connectivity index (χ4n) is 1.78. The second-order valence-corrected chi connectivity index (χ2v) is 6.21. The minimum atomic E-state index is -0.700. The molecular formula is C12H9Cl2FN5S+. The molecule has 0 atom stereocenters. The molecule has 0 saturated carbocycles. The number of H-pyrrole nitrogens is 1. The number of halogens is 3. The van der Waals surface area contributed by atoms with E-state index < -0.39 is 6.08 Å². The second kappa shape index (κ2) is 5.32. The molecule has 3 rings (SSSR count). The average Bonchev–Trinajstić information content (AvgIpc) is 2.77. The maximum Gasteiger partial charge on any atom is 0.425 e. The smallest absolute Gasteiger partial charge is 0.324 e. The summed E-state index contributed by atoms with van der Waals surface area (Å²) in [6, 6.07) is 5.14. The summed E-state index contributed by atoms with van der Waals surface area (Å²) in [7, 11) is 1.49. The number of imidazole rings is 1. The Labute approximate surface area is 133 Å². The van der Waals surface area contributed by atoms with Gasteiger partial charge < -0.3 is 10.7 Å². The Morgan fingerprint density at radius 1 is 1.24 bits per heavy atom. The molecule has 0 spiro atoms. The van der Waals surface area contributed by atoms with E-state index in [0.29, 0.717) is 20.7 Å². The van der Waals surface area contributed by atoms with Crippen molar-refractivity contribution in [3.05, 3.63) is 34.3 Å². The van der Waals surface area contributed by atoms with Gasteiger partial charge in [-0.2, -0.15) is 4.98 Å². The molecule has 0 bridgehead atoms. The number of fused-ring (bicyclic) bond motifs is 1. The van der Waals surface area contributed by atoms with Gasteiger partial charge in [-0.15, -0.1) is 4.39 Å². The number of anilines is 1. The number of aromatic nitrogens is 4. The van der Waals surface area contributed by atoms with Gasteiger partial charge in [-0.05, 0) is 18.2 Å². The maximum absolute atomic E-state index is 13.5. The van der Waals surface area contributed by atoms with Crippen molar-refractivity contribution in [3.8, 4) is 0 Å². The summed E-state index contributed by atoms with van der Waals surface area (Å²) < 4.78 is 14.7. The Bertz CT molecular complexity index is 831. The Hall–Kier alpha value is -1.57.